The van der Waals surface area contributed by atoms with Crippen molar-refractivity contribution in [1.29, 1.82) is 5.26 Å². The molecule has 12 heavy (non-hydrogen) atoms. The molecule has 0 aliphatic carbocycles. The van der Waals surface area contributed by atoms with Gasteiger partial charge in [-0.1, -0.05) is 23.4 Å². The summed E-state index contributed by atoms with van der Waals surface area (Å²) in [5, 5.41) is 12.2. The Morgan fingerprint density at radius 1 is 1.42 bits per heavy atom. The molecule has 0 unspecified atom stereocenters. The number of para-hydroxylation sites is 1. The number of rotatable bonds is 0. The Bertz CT molecular complexity index is 376. The molecule has 0 spiro atoms. The number of benzene rings is 1. The predicted molar refractivity (Wildman–Crippen MR) is 43.8 cm³/mol. The molecule has 0 saturated carbocycles. The summed E-state index contributed by atoms with van der Waals surface area (Å²) in [6.07, 6.45) is 0.576. The van der Waals surface area contributed by atoms with E-state index in [-0.39, 0.29) is 0 Å². The average Bonchev–Trinajstić information content (AvgIpc) is 2.17. The molecular weight excluding hydrogens is 152 g/mol. The normalized spacial score (nSPS) is 13.8. The highest BCUT2D eigenvalue weighted by Gasteiger charge is 2.12. The van der Waals surface area contributed by atoms with Gasteiger partial charge in [0.15, 0.2) is 11.5 Å². The molecule has 1 aromatic carbocycles. The first kappa shape index (κ1) is 6.86. The van der Waals surface area contributed by atoms with Crippen LogP contribution < -0.4 is 4.84 Å². The number of nitrogens with zero attached hydrogens (tertiary/aromatic N) is 2. The van der Waals surface area contributed by atoms with E-state index in [4.69, 9.17) is 10.1 Å². The number of fused-ring (bicyclic) bond motifs is 1. The molecule has 1 heterocycles. The molecule has 2 rings (SSSR count). The van der Waals surface area contributed by atoms with E-state index in [2.05, 4.69) is 5.16 Å². The van der Waals surface area contributed by atoms with Crippen molar-refractivity contribution in [3.8, 4) is 11.8 Å². The van der Waals surface area contributed by atoms with Gasteiger partial charge in [-0.15, -0.1) is 0 Å². The molecule has 3 heteroatoms. The summed E-state index contributed by atoms with van der Waals surface area (Å²) < 4.78 is 0. The number of hydrogen-bond donors (Lipinski definition) is 0. The van der Waals surface area contributed by atoms with Crippen LogP contribution in [0.25, 0.3) is 0 Å². The van der Waals surface area contributed by atoms with Gasteiger partial charge in [-0.3, -0.25) is 0 Å². The lowest BCUT2D eigenvalue weighted by atomic mass is 10.1. The Hall–Kier alpha value is -1.82. The molecule has 1 aromatic rings. The topological polar surface area (TPSA) is 45.4 Å². The van der Waals surface area contributed by atoms with Gasteiger partial charge < -0.3 is 4.84 Å². The maximum atomic E-state index is 8.56. The molecule has 0 atom stereocenters. The summed E-state index contributed by atoms with van der Waals surface area (Å²) in [5.41, 5.74) is 1.44. The molecule has 0 amide bonds. The van der Waals surface area contributed by atoms with Crippen LogP contribution in [-0.4, -0.2) is 5.71 Å². The smallest absolute Gasteiger partial charge is 0.162 e. The van der Waals surface area contributed by atoms with Gasteiger partial charge in [0.2, 0.25) is 0 Å². The number of oxime groups is 1. The minimum Gasteiger partial charge on any atom is -0.356 e. The largest absolute Gasteiger partial charge is 0.356 e. The quantitative estimate of drug-likeness (QED) is 0.574. The van der Waals surface area contributed by atoms with Crippen molar-refractivity contribution in [3.05, 3.63) is 29.8 Å². The summed E-state index contributed by atoms with van der Waals surface area (Å²) in [5.74, 6) is 0.747. The summed E-state index contributed by atoms with van der Waals surface area (Å²) in [6.45, 7) is 0. The Balaban J connectivity index is 2.38. The van der Waals surface area contributed by atoms with E-state index < -0.39 is 0 Å². The first-order valence-corrected chi connectivity index (χ1v) is 3.62. The molecule has 0 bridgehead atoms. The highest BCUT2D eigenvalue weighted by atomic mass is 16.6. The van der Waals surface area contributed by atoms with Crippen LogP contribution in [0.5, 0.6) is 5.75 Å². The maximum absolute atomic E-state index is 8.56. The van der Waals surface area contributed by atoms with Crippen molar-refractivity contribution in [2.75, 3.05) is 0 Å². The zero-order chi connectivity index (χ0) is 8.39. The van der Waals surface area contributed by atoms with Gasteiger partial charge in [0.1, 0.15) is 6.07 Å². The second-order valence-corrected chi connectivity index (χ2v) is 2.53. The molecule has 1 aliphatic rings. The van der Waals surface area contributed by atoms with E-state index in [1.54, 1.807) is 0 Å². The van der Waals surface area contributed by atoms with Crippen molar-refractivity contribution in [2.24, 2.45) is 5.16 Å². The fourth-order valence-corrected chi connectivity index (χ4v) is 1.12. The van der Waals surface area contributed by atoms with Crippen LogP contribution >= 0.6 is 0 Å². The van der Waals surface area contributed by atoms with E-state index in [0.29, 0.717) is 12.1 Å². The molecule has 0 aromatic heterocycles. The van der Waals surface area contributed by atoms with Gasteiger partial charge in [-0.05, 0) is 6.07 Å². The second kappa shape index (κ2) is 2.67. The fourth-order valence-electron chi connectivity index (χ4n) is 1.12. The van der Waals surface area contributed by atoms with Gasteiger partial charge in [0.25, 0.3) is 0 Å². The zero-order valence-electron chi connectivity index (χ0n) is 6.32. The highest BCUT2D eigenvalue weighted by molar-refractivity contribution is 6.00. The monoisotopic (exact) mass is 158 g/mol. The molecule has 0 N–H and O–H groups in total. The Morgan fingerprint density at radius 2 is 2.25 bits per heavy atom. The maximum Gasteiger partial charge on any atom is 0.162 e. The lowest BCUT2D eigenvalue weighted by Gasteiger charge is -2.10. The minimum atomic E-state index is 0.425. The van der Waals surface area contributed by atoms with Crippen LogP contribution in [0.2, 0.25) is 0 Å². The van der Waals surface area contributed by atoms with Crippen LogP contribution in [0.15, 0.2) is 29.4 Å². The van der Waals surface area contributed by atoms with Crippen molar-refractivity contribution in [3.63, 3.8) is 0 Å². The summed E-state index contributed by atoms with van der Waals surface area (Å²) in [7, 11) is 0. The third-order valence-corrected chi connectivity index (χ3v) is 1.71. The number of nitriles is 1. The standard InChI is InChI=1S/C9H6N2O/c10-6-8-5-7-3-1-2-4-9(7)12-11-8/h1-4H,5H2. The molecule has 0 saturated heterocycles. The molecule has 1 aliphatic heterocycles. The third kappa shape index (κ3) is 1.04. The first-order valence-electron chi connectivity index (χ1n) is 3.62. The van der Waals surface area contributed by atoms with E-state index in [1.165, 1.54) is 0 Å². The lowest BCUT2D eigenvalue weighted by Crippen LogP contribution is -2.08. The lowest BCUT2D eigenvalue weighted by molar-refractivity contribution is 0.331. The van der Waals surface area contributed by atoms with E-state index in [0.717, 1.165) is 11.3 Å². The minimum absolute atomic E-state index is 0.425. The Morgan fingerprint density at radius 3 is 3.08 bits per heavy atom. The van der Waals surface area contributed by atoms with Crippen LogP contribution in [0, 0.1) is 11.3 Å². The second-order valence-electron chi connectivity index (χ2n) is 2.53. The zero-order valence-corrected chi connectivity index (χ0v) is 6.32. The molecule has 0 fully saturated rings. The molecule has 3 nitrogen and oxygen atoms in total. The van der Waals surface area contributed by atoms with Crippen LogP contribution in [0.3, 0.4) is 0 Å². The van der Waals surface area contributed by atoms with Crippen molar-refractivity contribution in [2.45, 2.75) is 6.42 Å². The predicted octanol–water partition coefficient (Wildman–Crippen LogP) is 1.50. The van der Waals surface area contributed by atoms with Gasteiger partial charge in [-0.25, -0.2) is 0 Å². The van der Waals surface area contributed by atoms with Gasteiger partial charge in [-0.2, -0.15) is 5.26 Å². The van der Waals surface area contributed by atoms with Crippen LogP contribution in [0.1, 0.15) is 5.56 Å². The molecular formula is C9H6N2O. The van der Waals surface area contributed by atoms with E-state index in [9.17, 15) is 0 Å². The van der Waals surface area contributed by atoms with Crippen molar-refractivity contribution >= 4 is 5.71 Å². The van der Waals surface area contributed by atoms with E-state index in [1.807, 2.05) is 30.3 Å². The van der Waals surface area contributed by atoms with Gasteiger partial charge in [0, 0.05) is 12.0 Å². The third-order valence-electron chi connectivity index (χ3n) is 1.71. The Labute approximate surface area is 69.9 Å². The Kier molecular flexibility index (Phi) is 1.52. The summed E-state index contributed by atoms with van der Waals surface area (Å²) in [4.78, 5) is 4.99. The SMILES string of the molecule is N#CC1=NOc2ccccc2C1. The van der Waals surface area contributed by atoms with Crippen molar-refractivity contribution in [1.82, 2.24) is 0 Å². The highest BCUT2D eigenvalue weighted by Crippen LogP contribution is 2.22. The first-order chi connectivity index (χ1) is 5.90. The summed E-state index contributed by atoms with van der Waals surface area (Å²) >= 11 is 0. The van der Waals surface area contributed by atoms with Gasteiger partial charge in [0.05, 0.1) is 0 Å². The molecule has 58 valence electrons. The van der Waals surface area contributed by atoms with Crippen LogP contribution in [-0.2, 0) is 6.42 Å². The van der Waals surface area contributed by atoms with Gasteiger partial charge >= 0.3 is 0 Å². The average molecular weight is 158 g/mol. The van der Waals surface area contributed by atoms with E-state index >= 15 is 0 Å². The summed E-state index contributed by atoms with van der Waals surface area (Å²) in [6, 6.07) is 9.54. The van der Waals surface area contributed by atoms with Crippen molar-refractivity contribution < 1.29 is 4.84 Å². The fraction of sp³-hybridized carbons (Fsp3) is 0.111. The number of hydrogen-bond acceptors (Lipinski definition) is 3. The molecule has 0 radical (unpaired) electrons. The van der Waals surface area contributed by atoms with Crippen LogP contribution in [0.4, 0.5) is 0 Å².